The number of morpholine rings is 1. The van der Waals surface area contributed by atoms with Crippen molar-refractivity contribution in [3.8, 4) is 5.69 Å². The fraction of sp³-hybridized carbons (Fsp3) is 0.261. The molecule has 0 amide bonds. The normalized spacial score (nSPS) is 15.6. The Kier molecular flexibility index (Phi) is 4.36. The van der Waals surface area contributed by atoms with E-state index in [1.54, 1.807) is 0 Å². The highest BCUT2D eigenvalue weighted by molar-refractivity contribution is 5.87. The third-order valence-electron chi connectivity index (χ3n) is 5.49. The van der Waals surface area contributed by atoms with Crippen LogP contribution in [0.25, 0.3) is 27.5 Å². The zero-order chi connectivity index (χ0) is 18.1. The van der Waals surface area contributed by atoms with Gasteiger partial charge in [-0.05, 0) is 48.4 Å². The van der Waals surface area contributed by atoms with Crippen LogP contribution in [-0.4, -0.2) is 47.3 Å². The quantitative estimate of drug-likeness (QED) is 0.552. The zero-order valence-electron chi connectivity index (χ0n) is 15.3. The molecule has 0 bridgehead atoms. The molecule has 3 heterocycles. The molecule has 0 radical (unpaired) electrons. The first kappa shape index (κ1) is 16.5. The Morgan fingerprint density at radius 1 is 0.963 bits per heavy atom. The van der Waals surface area contributed by atoms with Gasteiger partial charge in [0.05, 0.1) is 24.2 Å². The third-order valence-corrected chi connectivity index (χ3v) is 5.49. The predicted octanol–water partition coefficient (Wildman–Crippen LogP) is 4.05. The van der Waals surface area contributed by atoms with Crippen molar-refractivity contribution in [2.45, 2.75) is 6.42 Å². The number of pyridine rings is 1. The molecule has 1 aliphatic rings. The van der Waals surface area contributed by atoms with Crippen molar-refractivity contribution in [3.05, 3.63) is 72.6 Å². The van der Waals surface area contributed by atoms with E-state index in [9.17, 15) is 0 Å². The first-order chi connectivity index (χ1) is 13.4. The smallest absolute Gasteiger partial charge is 0.0703 e. The Bertz CT molecular complexity index is 1080. The molecular formula is C23H23N3O. The summed E-state index contributed by atoms with van der Waals surface area (Å²) in [7, 11) is 0. The van der Waals surface area contributed by atoms with Crippen LogP contribution < -0.4 is 0 Å². The van der Waals surface area contributed by atoms with Crippen LogP contribution in [0.15, 0.2) is 67.0 Å². The Morgan fingerprint density at radius 3 is 2.81 bits per heavy atom. The zero-order valence-corrected chi connectivity index (χ0v) is 15.3. The second kappa shape index (κ2) is 7.14. The topological polar surface area (TPSA) is 30.3 Å². The van der Waals surface area contributed by atoms with Crippen molar-refractivity contribution < 1.29 is 4.74 Å². The van der Waals surface area contributed by atoms with Crippen molar-refractivity contribution in [1.82, 2.24) is 14.5 Å². The van der Waals surface area contributed by atoms with E-state index in [0.717, 1.165) is 44.8 Å². The van der Waals surface area contributed by atoms with E-state index in [4.69, 9.17) is 4.74 Å². The minimum atomic E-state index is 0.859. The molecule has 2 aromatic carbocycles. The lowest BCUT2D eigenvalue weighted by Gasteiger charge is -2.26. The second-order valence-corrected chi connectivity index (χ2v) is 7.12. The summed E-state index contributed by atoms with van der Waals surface area (Å²) in [5.41, 5.74) is 4.89. The molecule has 0 atom stereocenters. The Hall–Kier alpha value is -2.69. The van der Waals surface area contributed by atoms with Gasteiger partial charge in [-0.15, -0.1) is 0 Å². The number of aromatic nitrogens is 2. The van der Waals surface area contributed by atoms with Crippen LogP contribution in [-0.2, 0) is 11.2 Å². The number of fused-ring (bicyclic) bond motifs is 2. The molecule has 1 fully saturated rings. The van der Waals surface area contributed by atoms with Crippen LogP contribution in [0.4, 0.5) is 0 Å². The van der Waals surface area contributed by atoms with Crippen LogP contribution in [0, 0.1) is 0 Å². The molecule has 136 valence electrons. The lowest BCUT2D eigenvalue weighted by atomic mass is 10.1. The van der Waals surface area contributed by atoms with E-state index >= 15 is 0 Å². The van der Waals surface area contributed by atoms with Crippen molar-refractivity contribution in [1.29, 1.82) is 0 Å². The lowest BCUT2D eigenvalue weighted by molar-refractivity contribution is 0.0385. The summed E-state index contributed by atoms with van der Waals surface area (Å²) in [6.45, 7) is 4.90. The molecule has 1 saturated heterocycles. The molecule has 0 saturated carbocycles. The van der Waals surface area contributed by atoms with E-state index in [0.29, 0.717) is 0 Å². The summed E-state index contributed by atoms with van der Waals surface area (Å²) < 4.78 is 7.73. The Labute approximate surface area is 159 Å². The molecule has 0 unspecified atom stereocenters. The summed E-state index contributed by atoms with van der Waals surface area (Å²) in [5.74, 6) is 0. The lowest BCUT2D eigenvalue weighted by Crippen LogP contribution is -2.37. The van der Waals surface area contributed by atoms with Gasteiger partial charge in [0.1, 0.15) is 0 Å². The molecule has 5 rings (SSSR count). The maximum Gasteiger partial charge on any atom is 0.0703 e. The highest BCUT2D eigenvalue weighted by Crippen LogP contribution is 2.26. The van der Waals surface area contributed by atoms with Crippen molar-refractivity contribution >= 4 is 21.8 Å². The number of hydrogen-bond acceptors (Lipinski definition) is 3. The fourth-order valence-corrected chi connectivity index (χ4v) is 3.99. The van der Waals surface area contributed by atoms with Gasteiger partial charge in [-0.1, -0.05) is 18.2 Å². The maximum absolute atomic E-state index is 5.46. The SMILES string of the molecule is c1cnc2ccc(-n3ccc4c(CCN5CCOCC5)cccc43)cc2c1. The number of nitrogens with zero attached hydrogens (tertiary/aromatic N) is 3. The summed E-state index contributed by atoms with van der Waals surface area (Å²) in [6, 6.07) is 19.5. The molecule has 4 aromatic rings. The van der Waals surface area contributed by atoms with Gasteiger partial charge in [0.15, 0.2) is 0 Å². The Balaban J connectivity index is 1.47. The highest BCUT2D eigenvalue weighted by Gasteiger charge is 2.12. The highest BCUT2D eigenvalue weighted by atomic mass is 16.5. The second-order valence-electron chi connectivity index (χ2n) is 7.12. The van der Waals surface area contributed by atoms with E-state index in [1.807, 2.05) is 12.3 Å². The first-order valence-electron chi connectivity index (χ1n) is 9.63. The maximum atomic E-state index is 5.46. The molecule has 2 aromatic heterocycles. The van der Waals surface area contributed by atoms with Gasteiger partial charge >= 0.3 is 0 Å². The van der Waals surface area contributed by atoms with Crippen LogP contribution in [0.2, 0.25) is 0 Å². The van der Waals surface area contributed by atoms with Gasteiger partial charge in [0.2, 0.25) is 0 Å². The molecular weight excluding hydrogens is 334 g/mol. The van der Waals surface area contributed by atoms with Gasteiger partial charge < -0.3 is 9.30 Å². The molecule has 4 heteroatoms. The van der Waals surface area contributed by atoms with Crippen LogP contribution in [0.5, 0.6) is 0 Å². The largest absolute Gasteiger partial charge is 0.379 e. The van der Waals surface area contributed by atoms with Crippen LogP contribution in [0.3, 0.4) is 0 Å². The van der Waals surface area contributed by atoms with Crippen LogP contribution >= 0.6 is 0 Å². The van der Waals surface area contributed by atoms with E-state index in [1.165, 1.54) is 27.5 Å². The van der Waals surface area contributed by atoms with Crippen LogP contribution in [0.1, 0.15) is 5.56 Å². The molecule has 0 aliphatic carbocycles. The average molecular weight is 357 g/mol. The summed E-state index contributed by atoms with van der Waals surface area (Å²) in [5, 5.41) is 2.51. The van der Waals surface area contributed by atoms with E-state index in [2.05, 4.69) is 69.2 Å². The van der Waals surface area contributed by atoms with E-state index < -0.39 is 0 Å². The van der Waals surface area contributed by atoms with Gasteiger partial charge in [0.25, 0.3) is 0 Å². The molecule has 4 nitrogen and oxygen atoms in total. The number of ether oxygens (including phenoxy) is 1. The third kappa shape index (κ3) is 3.22. The van der Waals surface area contributed by atoms with Gasteiger partial charge in [-0.2, -0.15) is 0 Å². The number of rotatable bonds is 4. The molecule has 0 N–H and O–H groups in total. The monoisotopic (exact) mass is 357 g/mol. The number of hydrogen-bond donors (Lipinski definition) is 0. The minimum absolute atomic E-state index is 0.859. The summed E-state index contributed by atoms with van der Waals surface area (Å²) in [6.07, 6.45) is 5.09. The van der Waals surface area contributed by atoms with Gasteiger partial charge in [-0.25, -0.2) is 0 Å². The predicted molar refractivity (Wildman–Crippen MR) is 110 cm³/mol. The average Bonchev–Trinajstić information content (AvgIpc) is 3.17. The molecule has 1 aliphatic heterocycles. The number of benzene rings is 2. The first-order valence-corrected chi connectivity index (χ1v) is 9.63. The standard InChI is InChI=1S/C23H23N3O/c1-3-18(8-11-25-13-15-27-16-14-25)21-9-12-26(23(21)5-1)20-6-7-22-19(17-20)4-2-10-24-22/h1-7,9-10,12,17H,8,11,13-16H2. The van der Waals surface area contributed by atoms with Gasteiger partial charge in [0, 0.05) is 48.5 Å². The minimum Gasteiger partial charge on any atom is -0.379 e. The Morgan fingerprint density at radius 2 is 1.89 bits per heavy atom. The molecule has 27 heavy (non-hydrogen) atoms. The van der Waals surface area contributed by atoms with Gasteiger partial charge in [-0.3, -0.25) is 9.88 Å². The van der Waals surface area contributed by atoms with Crippen molar-refractivity contribution in [2.75, 3.05) is 32.8 Å². The van der Waals surface area contributed by atoms with Crippen molar-refractivity contribution in [3.63, 3.8) is 0 Å². The van der Waals surface area contributed by atoms with Crippen molar-refractivity contribution in [2.24, 2.45) is 0 Å². The fourth-order valence-electron chi connectivity index (χ4n) is 3.99. The summed E-state index contributed by atoms with van der Waals surface area (Å²) in [4.78, 5) is 6.92. The molecule has 0 spiro atoms. The summed E-state index contributed by atoms with van der Waals surface area (Å²) >= 11 is 0. The van der Waals surface area contributed by atoms with E-state index in [-0.39, 0.29) is 0 Å².